The van der Waals surface area contributed by atoms with Crippen LogP contribution in [-0.2, 0) is 10.8 Å². The van der Waals surface area contributed by atoms with Crippen molar-refractivity contribution in [3.05, 3.63) is 192 Å². The van der Waals surface area contributed by atoms with Crippen LogP contribution in [0.15, 0.2) is 164 Å². The number of aromatic nitrogens is 3. The molecule has 0 aliphatic heterocycles. The Bertz CT molecular complexity index is 3380. The van der Waals surface area contributed by atoms with Crippen LogP contribution in [0.2, 0.25) is 0 Å². The van der Waals surface area contributed by atoms with E-state index in [0.29, 0.717) is 33.7 Å². The molecule has 312 valence electrons. The number of rotatable bonds is 7. The van der Waals surface area contributed by atoms with E-state index in [-0.39, 0.29) is 27.9 Å². The van der Waals surface area contributed by atoms with Gasteiger partial charge in [-0.15, -0.1) is 0 Å². The van der Waals surface area contributed by atoms with Crippen LogP contribution in [0.4, 0.5) is 0 Å². The topological polar surface area (TPSA) is 50.9 Å². The van der Waals surface area contributed by atoms with E-state index >= 15 is 0 Å². The molecule has 0 aliphatic rings. The molecule has 0 saturated heterocycles. The first kappa shape index (κ1) is 34.5. The number of hydrogen-bond donors (Lipinski definition) is 1. The maximum atomic E-state index is 12.5. The maximum absolute atomic E-state index is 12.5. The van der Waals surface area contributed by atoms with Crippen molar-refractivity contribution < 1.29 is 13.3 Å². The van der Waals surface area contributed by atoms with Gasteiger partial charge in [0, 0.05) is 36.8 Å². The molecule has 0 unspecified atom stereocenters. The van der Waals surface area contributed by atoms with Gasteiger partial charge in [-0.1, -0.05) is 150 Å². The number of hydrogen-bond acceptors (Lipinski definition) is 3. The molecule has 2 heterocycles. The Morgan fingerprint density at radius 2 is 1.22 bits per heavy atom. The number of benzene rings is 7. The average molecular weight is 828 g/mol. The summed E-state index contributed by atoms with van der Waals surface area (Å²) in [5.41, 5.74) is 11.9. The van der Waals surface area contributed by atoms with Gasteiger partial charge in [0.1, 0.15) is 11.6 Å². The van der Waals surface area contributed by atoms with Crippen molar-refractivity contribution >= 4 is 11.0 Å². The van der Waals surface area contributed by atoms with Gasteiger partial charge in [-0.3, -0.25) is 9.55 Å². The van der Waals surface area contributed by atoms with E-state index in [1.54, 1.807) is 30.3 Å². The first-order valence-corrected chi connectivity index (χ1v) is 21.5. The summed E-state index contributed by atoms with van der Waals surface area (Å²) in [6, 6.07) is 51.4. The Kier molecular flexibility index (Phi) is 8.78. The van der Waals surface area contributed by atoms with Crippen molar-refractivity contribution in [1.29, 1.82) is 0 Å². The molecule has 0 bridgehead atoms. The van der Waals surface area contributed by atoms with Crippen molar-refractivity contribution in [2.24, 2.45) is 0 Å². The van der Waals surface area contributed by atoms with Crippen LogP contribution in [0.25, 0.3) is 83.9 Å². The summed E-state index contributed by atoms with van der Waals surface area (Å²) in [4.78, 5) is 10.4. The van der Waals surface area contributed by atoms with Gasteiger partial charge in [0.25, 0.3) is 0 Å². The molecule has 0 aliphatic carbocycles. The smallest absolute Gasteiger partial charge is 0.149 e. The zero-order chi connectivity index (χ0) is 49.2. The van der Waals surface area contributed by atoms with Crippen LogP contribution < -0.4 is 0 Å². The van der Waals surface area contributed by atoms with Crippen LogP contribution in [0, 0.1) is 20.6 Å². The lowest BCUT2D eigenvalue weighted by atomic mass is 9.79. The SMILES string of the molecule is [2H]C([2H])([2H])c1cc(-n2c(-c3cc(C(C)(C)C)cc(C(C)(C)C)c3O)nc3c(-c4cc(-c5ccccc5)cc(-c5cc(-c6ccc(C)cc6)ccn5)c4)cccc32)cc(-c2ccccc2)c1C([2H])([2H])[2H]. The summed E-state index contributed by atoms with van der Waals surface area (Å²) in [6.45, 7) is 9.06. The number of fused-ring (bicyclic) bond motifs is 1. The highest BCUT2D eigenvalue weighted by Gasteiger charge is 2.29. The highest BCUT2D eigenvalue weighted by molar-refractivity contribution is 5.98. The minimum atomic E-state index is -2.81. The maximum Gasteiger partial charge on any atom is 0.149 e. The van der Waals surface area contributed by atoms with Crippen LogP contribution in [0.5, 0.6) is 5.75 Å². The first-order valence-electron chi connectivity index (χ1n) is 24.5. The number of imidazole rings is 1. The lowest BCUT2D eigenvalue weighted by molar-refractivity contribution is 0.446. The Morgan fingerprint density at radius 1 is 0.540 bits per heavy atom. The van der Waals surface area contributed by atoms with Gasteiger partial charge in [0.15, 0.2) is 0 Å². The average Bonchev–Trinajstić information content (AvgIpc) is 3.70. The van der Waals surface area contributed by atoms with Crippen molar-refractivity contribution in [1.82, 2.24) is 14.5 Å². The molecule has 2 aromatic heterocycles. The Morgan fingerprint density at radius 3 is 1.90 bits per heavy atom. The second kappa shape index (κ2) is 16.0. The predicted molar refractivity (Wildman–Crippen MR) is 265 cm³/mol. The lowest BCUT2D eigenvalue weighted by Crippen LogP contribution is -2.17. The van der Waals surface area contributed by atoms with Gasteiger partial charge in [0.2, 0.25) is 0 Å². The fraction of sp³-hybridized carbons (Fsp3) is 0.186. The predicted octanol–water partition coefficient (Wildman–Crippen LogP) is 15.6. The second-order valence-electron chi connectivity index (χ2n) is 18.6. The molecule has 0 amide bonds. The number of nitrogens with zero attached hydrogens (tertiary/aromatic N) is 3. The molecular formula is C59H55N3O. The number of phenolic OH excluding ortho intramolecular Hbond substituents is 1. The molecule has 4 heteroatoms. The molecule has 0 atom stereocenters. The lowest BCUT2D eigenvalue weighted by Gasteiger charge is -2.27. The molecule has 63 heavy (non-hydrogen) atoms. The summed E-state index contributed by atoms with van der Waals surface area (Å²) >= 11 is 0. The molecule has 7 aromatic carbocycles. The highest BCUT2D eigenvalue weighted by Crippen LogP contribution is 2.45. The molecule has 0 spiro atoms. The molecular weight excluding hydrogens is 767 g/mol. The first-order chi connectivity index (χ1) is 32.6. The largest absolute Gasteiger partial charge is 0.507 e. The van der Waals surface area contributed by atoms with Gasteiger partial charge in [-0.25, -0.2) is 4.98 Å². The van der Waals surface area contributed by atoms with E-state index < -0.39 is 19.1 Å². The van der Waals surface area contributed by atoms with E-state index in [4.69, 9.17) is 18.2 Å². The Labute approximate surface area is 381 Å². The van der Waals surface area contributed by atoms with Crippen molar-refractivity contribution in [2.45, 2.75) is 73.0 Å². The van der Waals surface area contributed by atoms with E-state index in [1.165, 1.54) is 11.6 Å². The number of aromatic hydroxyl groups is 1. The van der Waals surface area contributed by atoms with Gasteiger partial charge < -0.3 is 5.11 Å². The molecule has 1 N–H and O–H groups in total. The number of para-hydroxylation sites is 1. The minimum absolute atomic E-state index is 0.0555. The number of aryl methyl sites for hydroxylation is 2. The second-order valence-corrected chi connectivity index (χ2v) is 18.6. The number of phenols is 1. The summed E-state index contributed by atoms with van der Waals surface area (Å²) in [5.74, 6) is 0.426. The van der Waals surface area contributed by atoms with Crippen LogP contribution in [0.1, 0.15) is 77.6 Å². The third kappa shape index (κ3) is 7.98. The fourth-order valence-electron chi connectivity index (χ4n) is 8.43. The zero-order valence-corrected chi connectivity index (χ0v) is 36.9. The third-order valence-electron chi connectivity index (χ3n) is 12.0. The molecule has 9 rings (SSSR count). The molecule has 0 radical (unpaired) electrons. The Hall–Kier alpha value is -7.04. The van der Waals surface area contributed by atoms with Crippen LogP contribution in [-0.4, -0.2) is 19.6 Å². The highest BCUT2D eigenvalue weighted by atomic mass is 16.3. The molecule has 0 saturated carbocycles. The monoisotopic (exact) mass is 827 g/mol. The quantitative estimate of drug-likeness (QED) is 0.174. The Balaban J connectivity index is 1.39. The van der Waals surface area contributed by atoms with Crippen molar-refractivity contribution in [3.63, 3.8) is 0 Å². The minimum Gasteiger partial charge on any atom is -0.507 e. The fourth-order valence-corrected chi connectivity index (χ4v) is 8.43. The summed E-state index contributed by atoms with van der Waals surface area (Å²) in [5, 5.41) is 12.5. The van der Waals surface area contributed by atoms with Gasteiger partial charge in [-0.05, 0) is 142 Å². The van der Waals surface area contributed by atoms with E-state index in [2.05, 4.69) is 115 Å². The van der Waals surface area contributed by atoms with Crippen LogP contribution >= 0.6 is 0 Å². The normalized spacial score (nSPS) is 13.8. The van der Waals surface area contributed by atoms with Gasteiger partial charge in [0.05, 0.1) is 22.3 Å². The van der Waals surface area contributed by atoms with Crippen molar-refractivity contribution in [2.75, 3.05) is 0 Å². The van der Waals surface area contributed by atoms with Gasteiger partial charge >= 0.3 is 0 Å². The number of pyridine rings is 1. The van der Waals surface area contributed by atoms with Crippen molar-refractivity contribution in [3.8, 4) is 78.6 Å². The third-order valence-corrected chi connectivity index (χ3v) is 12.0. The van der Waals surface area contributed by atoms with E-state index in [1.807, 2.05) is 65.4 Å². The summed E-state index contributed by atoms with van der Waals surface area (Å²) in [7, 11) is 0. The standard InChI is InChI=1S/C59H55N3O/c1-37-23-25-41(26-24-37)43-27-28-60-53(33-43)46-31-44(40-17-12-10-13-18-40)30-45(32-46)49-21-16-22-54-55(49)61-57(51-34-47(58(4,5)6)35-52(56(51)63)59(7,8)9)62(54)48-29-38(2)39(3)50(36-48)42-19-14-11-15-20-42/h10-36,63H,1-9H3/i2D3,3D3. The zero-order valence-electron chi connectivity index (χ0n) is 42.9. The van der Waals surface area contributed by atoms with Gasteiger partial charge in [-0.2, -0.15) is 0 Å². The van der Waals surface area contributed by atoms with E-state index in [9.17, 15) is 5.11 Å². The molecule has 9 aromatic rings. The summed E-state index contributed by atoms with van der Waals surface area (Å²) in [6.07, 6.45) is 1.84. The molecule has 0 fully saturated rings. The summed E-state index contributed by atoms with van der Waals surface area (Å²) < 4.78 is 54.4. The van der Waals surface area contributed by atoms with Crippen LogP contribution in [0.3, 0.4) is 0 Å². The van der Waals surface area contributed by atoms with E-state index in [0.717, 1.165) is 55.8 Å². The molecule has 4 nitrogen and oxygen atoms in total.